The highest BCUT2D eigenvalue weighted by atomic mass is 32.1. The third-order valence-corrected chi connectivity index (χ3v) is 5.55. The fourth-order valence-electron chi connectivity index (χ4n) is 3.36. The van der Waals surface area contributed by atoms with Crippen LogP contribution < -0.4 is 5.32 Å². The first-order valence-electron chi connectivity index (χ1n) is 9.16. The molecule has 26 heavy (non-hydrogen) atoms. The van der Waals surface area contributed by atoms with E-state index in [0.29, 0.717) is 22.1 Å². The van der Waals surface area contributed by atoms with Crippen LogP contribution in [0.5, 0.6) is 0 Å². The molecule has 3 aromatic rings. The van der Waals surface area contributed by atoms with Gasteiger partial charge in [-0.3, -0.25) is 10.1 Å². The third kappa shape index (κ3) is 3.11. The number of carbonyl (C=O) groups is 1. The van der Waals surface area contributed by atoms with Gasteiger partial charge in [0, 0.05) is 24.0 Å². The normalized spacial score (nSPS) is 14.5. The molecule has 1 aliphatic rings. The molecule has 4 heterocycles. The Hall–Kier alpha value is -2.28. The zero-order valence-corrected chi connectivity index (χ0v) is 16.2. The van der Waals surface area contributed by atoms with E-state index in [1.54, 1.807) is 0 Å². The highest BCUT2D eigenvalue weighted by Crippen LogP contribution is 2.26. The molecule has 0 radical (unpaired) electrons. The number of anilines is 1. The van der Waals surface area contributed by atoms with E-state index in [0.717, 1.165) is 48.7 Å². The predicted molar refractivity (Wildman–Crippen MR) is 104 cm³/mol. The first-order chi connectivity index (χ1) is 12.5. The minimum atomic E-state index is -0.168. The molecule has 0 unspecified atom stereocenters. The number of carbonyl (C=O) groups excluding carboxylic acids is 1. The average molecular weight is 369 g/mol. The van der Waals surface area contributed by atoms with Gasteiger partial charge in [-0.05, 0) is 31.7 Å². The second kappa shape index (κ2) is 6.79. The van der Waals surface area contributed by atoms with Crippen molar-refractivity contribution in [2.45, 2.75) is 58.9 Å². The number of nitrogens with zero attached hydrogens (tertiary/aromatic N) is 4. The van der Waals surface area contributed by atoms with Crippen LogP contribution in [0.25, 0.3) is 11.2 Å². The molecule has 0 aliphatic carbocycles. The fourth-order valence-corrected chi connectivity index (χ4v) is 4.23. The van der Waals surface area contributed by atoms with Crippen molar-refractivity contribution >= 4 is 33.5 Å². The van der Waals surface area contributed by atoms with E-state index < -0.39 is 0 Å². The summed E-state index contributed by atoms with van der Waals surface area (Å²) in [7, 11) is 0. The Balaban J connectivity index is 1.72. The lowest BCUT2D eigenvalue weighted by molar-refractivity contribution is 0.102. The van der Waals surface area contributed by atoms with Gasteiger partial charge in [-0.15, -0.1) is 11.3 Å². The zero-order valence-electron chi connectivity index (χ0n) is 15.4. The fraction of sp³-hybridized carbons (Fsp3) is 0.474. The molecule has 4 rings (SSSR count). The molecule has 1 amide bonds. The molecule has 1 N–H and O–H groups in total. The number of amides is 1. The summed E-state index contributed by atoms with van der Waals surface area (Å²) in [5.74, 6) is 1.22. The van der Waals surface area contributed by atoms with Gasteiger partial charge in [-0.1, -0.05) is 20.3 Å². The lowest BCUT2D eigenvalue weighted by Gasteiger charge is -2.06. The molecule has 0 saturated heterocycles. The number of rotatable bonds is 3. The van der Waals surface area contributed by atoms with Gasteiger partial charge < -0.3 is 4.57 Å². The van der Waals surface area contributed by atoms with Crippen LogP contribution in [0, 0.1) is 6.92 Å². The number of imidazole rings is 1. The van der Waals surface area contributed by atoms with Crippen LogP contribution in [0.4, 0.5) is 5.13 Å². The van der Waals surface area contributed by atoms with Crippen LogP contribution in [-0.4, -0.2) is 25.4 Å². The summed E-state index contributed by atoms with van der Waals surface area (Å²) < 4.78 is 2.19. The number of pyridine rings is 1. The summed E-state index contributed by atoms with van der Waals surface area (Å²) in [5, 5.41) is 5.56. The van der Waals surface area contributed by atoms with Crippen LogP contribution in [0.2, 0.25) is 0 Å². The van der Waals surface area contributed by atoms with Crippen molar-refractivity contribution in [3.63, 3.8) is 0 Å². The van der Waals surface area contributed by atoms with Crippen LogP contribution in [0.3, 0.4) is 0 Å². The highest BCUT2D eigenvalue weighted by Gasteiger charge is 2.21. The topological polar surface area (TPSA) is 72.7 Å². The molecule has 3 aromatic heterocycles. The van der Waals surface area contributed by atoms with E-state index in [9.17, 15) is 4.79 Å². The standard InChI is InChI=1S/C19H23N5OS/c1-11(2)14-10-26-19(21-14)23-18(25)13-9-12(3)20-17-16(13)22-15-7-5-4-6-8-24(15)17/h9-11H,4-8H2,1-3H3,(H,21,23,25). The second-order valence-corrected chi connectivity index (χ2v) is 8.02. The maximum absolute atomic E-state index is 12.9. The first-order valence-corrected chi connectivity index (χ1v) is 10.0. The van der Waals surface area contributed by atoms with E-state index >= 15 is 0 Å². The lowest BCUT2D eigenvalue weighted by Crippen LogP contribution is -2.13. The summed E-state index contributed by atoms with van der Waals surface area (Å²) in [4.78, 5) is 26.9. The summed E-state index contributed by atoms with van der Waals surface area (Å²) in [6.45, 7) is 7.03. The molecule has 0 saturated carbocycles. The lowest BCUT2D eigenvalue weighted by atomic mass is 10.2. The molecule has 0 spiro atoms. The Morgan fingerprint density at radius 3 is 2.85 bits per heavy atom. The van der Waals surface area contributed by atoms with Gasteiger partial charge in [-0.2, -0.15) is 0 Å². The van der Waals surface area contributed by atoms with Crippen molar-refractivity contribution in [2.24, 2.45) is 0 Å². The van der Waals surface area contributed by atoms with Gasteiger partial charge in [-0.25, -0.2) is 15.0 Å². The van der Waals surface area contributed by atoms with E-state index in [-0.39, 0.29) is 5.91 Å². The molecule has 7 heteroatoms. The number of aromatic nitrogens is 4. The summed E-state index contributed by atoms with van der Waals surface area (Å²) >= 11 is 1.46. The molecule has 0 fully saturated rings. The number of hydrogen-bond donors (Lipinski definition) is 1. The average Bonchev–Trinajstić information content (AvgIpc) is 3.12. The Morgan fingerprint density at radius 1 is 1.23 bits per heavy atom. The number of aryl methyl sites for hydroxylation is 3. The van der Waals surface area contributed by atoms with Crippen LogP contribution >= 0.6 is 11.3 Å². The van der Waals surface area contributed by atoms with E-state index in [2.05, 4.69) is 33.7 Å². The van der Waals surface area contributed by atoms with Crippen LogP contribution in [0.15, 0.2) is 11.4 Å². The number of hydrogen-bond acceptors (Lipinski definition) is 5. The van der Waals surface area contributed by atoms with Gasteiger partial charge in [0.2, 0.25) is 0 Å². The number of nitrogens with one attached hydrogen (secondary N) is 1. The zero-order chi connectivity index (χ0) is 18.3. The van der Waals surface area contributed by atoms with Crippen molar-refractivity contribution in [3.05, 3.63) is 34.2 Å². The van der Waals surface area contributed by atoms with E-state index in [1.807, 2.05) is 18.4 Å². The summed E-state index contributed by atoms with van der Waals surface area (Å²) in [6.07, 6.45) is 4.43. The molecular formula is C19H23N5OS. The van der Waals surface area contributed by atoms with E-state index in [1.165, 1.54) is 17.8 Å². The molecule has 0 atom stereocenters. The first kappa shape index (κ1) is 17.1. The largest absolute Gasteiger partial charge is 0.313 e. The van der Waals surface area contributed by atoms with Gasteiger partial charge in [0.05, 0.1) is 11.3 Å². The minimum absolute atomic E-state index is 0.168. The Kier molecular flexibility index (Phi) is 4.48. The molecule has 1 aliphatic heterocycles. The quantitative estimate of drug-likeness (QED) is 0.747. The van der Waals surface area contributed by atoms with E-state index in [4.69, 9.17) is 4.98 Å². The predicted octanol–water partition coefficient (Wildman–Crippen LogP) is 4.30. The summed E-state index contributed by atoms with van der Waals surface area (Å²) in [5.41, 5.74) is 3.93. The molecule has 136 valence electrons. The smallest absolute Gasteiger partial charge is 0.259 e. The van der Waals surface area contributed by atoms with Gasteiger partial charge in [0.25, 0.3) is 5.91 Å². The highest BCUT2D eigenvalue weighted by molar-refractivity contribution is 7.14. The third-order valence-electron chi connectivity index (χ3n) is 4.77. The Bertz CT molecular complexity index is 972. The van der Waals surface area contributed by atoms with Crippen molar-refractivity contribution in [2.75, 3.05) is 5.32 Å². The molecule has 0 aromatic carbocycles. The van der Waals surface area contributed by atoms with Gasteiger partial charge in [0.1, 0.15) is 11.3 Å². The summed E-state index contributed by atoms with van der Waals surface area (Å²) in [6, 6.07) is 1.82. The van der Waals surface area contributed by atoms with Gasteiger partial charge >= 0.3 is 0 Å². The Labute approximate surface area is 156 Å². The number of fused-ring (bicyclic) bond motifs is 3. The minimum Gasteiger partial charge on any atom is -0.313 e. The monoisotopic (exact) mass is 369 g/mol. The maximum atomic E-state index is 12.9. The van der Waals surface area contributed by atoms with Crippen molar-refractivity contribution in [3.8, 4) is 0 Å². The Morgan fingerprint density at radius 2 is 2.08 bits per heavy atom. The molecule has 0 bridgehead atoms. The van der Waals surface area contributed by atoms with Crippen LogP contribution in [0.1, 0.15) is 66.6 Å². The maximum Gasteiger partial charge on any atom is 0.259 e. The van der Waals surface area contributed by atoms with Crippen LogP contribution in [-0.2, 0) is 13.0 Å². The van der Waals surface area contributed by atoms with Crippen molar-refractivity contribution in [1.82, 2.24) is 19.5 Å². The second-order valence-electron chi connectivity index (χ2n) is 7.16. The number of thiazole rings is 1. The van der Waals surface area contributed by atoms with Gasteiger partial charge in [0.15, 0.2) is 10.8 Å². The van der Waals surface area contributed by atoms with Crippen molar-refractivity contribution in [1.29, 1.82) is 0 Å². The molecule has 6 nitrogen and oxygen atoms in total. The van der Waals surface area contributed by atoms with Crippen molar-refractivity contribution < 1.29 is 4.79 Å². The molecular weight excluding hydrogens is 346 g/mol. The SMILES string of the molecule is Cc1cc(C(=O)Nc2nc(C(C)C)cs2)c2nc3n(c2n1)CCCCC3.